The van der Waals surface area contributed by atoms with Gasteiger partial charge in [0.1, 0.15) is 0 Å². The van der Waals surface area contributed by atoms with Crippen LogP contribution in [0, 0.1) is 5.92 Å². The maximum atomic E-state index is 11.7. The summed E-state index contributed by atoms with van der Waals surface area (Å²) in [5, 5.41) is 0. The average molecular weight is 297 g/mol. The van der Waals surface area contributed by atoms with E-state index in [1.54, 1.807) is 6.07 Å². The van der Waals surface area contributed by atoms with Crippen molar-refractivity contribution in [3.8, 4) is 0 Å². The van der Waals surface area contributed by atoms with Crippen LogP contribution >= 0.6 is 0 Å². The first-order valence-electron chi connectivity index (χ1n) is 7.06. The Balaban J connectivity index is 2.19. The molecule has 1 heterocycles. The molecule has 0 radical (unpaired) electrons. The molecule has 0 bridgehead atoms. The molecule has 2 rings (SSSR count). The number of benzene rings is 1. The average Bonchev–Trinajstić information content (AvgIpc) is 2.87. The van der Waals surface area contributed by atoms with Crippen LogP contribution in [0.5, 0.6) is 0 Å². The van der Waals surface area contributed by atoms with Crippen LogP contribution in [-0.4, -0.2) is 28.6 Å². The molecular formula is C14H23N3O2S. The molecule has 1 saturated heterocycles. The van der Waals surface area contributed by atoms with Crippen molar-refractivity contribution in [1.29, 1.82) is 0 Å². The van der Waals surface area contributed by atoms with E-state index in [-0.39, 0.29) is 4.90 Å². The molecule has 112 valence electrons. The van der Waals surface area contributed by atoms with Gasteiger partial charge in [0.15, 0.2) is 0 Å². The summed E-state index contributed by atoms with van der Waals surface area (Å²) < 4.78 is 25.8. The Morgan fingerprint density at radius 1 is 1.45 bits per heavy atom. The van der Waals surface area contributed by atoms with E-state index in [2.05, 4.69) is 16.5 Å². The SMILES string of the molecule is CCCC1CCN(c2ccc(S(=O)(=O)NC)cc2N)C1. The minimum atomic E-state index is -3.43. The van der Waals surface area contributed by atoms with E-state index in [4.69, 9.17) is 5.73 Å². The maximum absolute atomic E-state index is 11.7. The quantitative estimate of drug-likeness (QED) is 0.813. The zero-order chi connectivity index (χ0) is 14.8. The molecule has 1 aromatic carbocycles. The molecule has 0 aromatic heterocycles. The molecule has 1 aliphatic rings. The lowest BCUT2D eigenvalue weighted by molar-refractivity contribution is 0.530. The van der Waals surface area contributed by atoms with Crippen molar-refractivity contribution in [2.75, 3.05) is 30.8 Å². The number of nitrogens with zero attached hydrogens (tertiary/aromatic N) is 1. The first-order chi connectivity index (χ1) is 9.47. The van der Waals surface area contributed by atoms with Crippen LogP contribution < -0.4 is 15.4 Å². The van der Waals surface area contributed by atoms with Crippen molar-refractivity contribution in [2.45, 2.75) is 31.1 Å². The Morgan fingerprint density at radius 3 is 2.80 bits per heavy atom. The van der Waals surface area contributed by atoms with Crippen LogP contribution in [0.1, 0.15) is 26.2 Å². The van der Waals surface area contributed by atoms with Crippen molar-refractivity contribution in [1.82, 2.24) is 4.72 Å². The highest BCUT2D eigenvalue weighted by Crippen LogP contribution is 2.31. The van der Waals surface area contributed by atoms with Crippen LogP contribution in [0.2, 0.25) is 0 Å². The van der Waals surface area contributed by atoms with Gasteiger partial charge in [0.05, 0.1) is 16.3 Å². The fourth-order valence-corrected chi connectivity index (χ4v) is 3.57. The smallest absolute Gasteiger partial charge is 0.240 e. The summed E-state index contributed by atoms with van der Waals surface area (Å²) in [5.41, 5.74) is 7.51. The summed E-state index contributed by atoms with van der Waals surface area (Å²) in [5.74, 6) is 0.722. The van der Waals surface area contributed by atoms with Crippen molar-refractivity contribution >= 4 is 21.4 Å². The molecule has 6 heteroatoms. The monoisotopic (exact) mass is 297 g/mol. The van der Waals surface area contributed by atoms with Crippen LogP contribution in [-0.2, 0) is 10.0 Å². The third kappa shape index (κ3) is 3.07. The van der Waals surface area contributed by atoms with Crippen molar-refractivity contribution in [3.05, 3.63) is 18.2 Å². The number of nitrogen functional groups attached to an aromatic ring is 1. The molecule has 1 atom stereocenters. The highest BCUT2D eigenvalue weighted by Gasteiger charge is 2.24. The highest BCUT2D eigenvalue weighted by atomic mass is 32.2. The minimum Gasteiger partial charge on any atom is -0.397 e. The molecule has 1 unspecified atom stereocenters. The predicted molar refractivity (Wildman–Crippen MR) is 82.3 cm³/mol. The number of hydrogen-bond donors (Lipinski definition) is 2. The fraction of sp³-hybridized carbons (Fsp3) is 0.571. The third-order valence-electron chi connectivity index (χ3n) is 3.90. The number of rotatable bonds is 5. The van der Waals surface area contributed by atoms with E-state index in [0.717, 1.165) is 24.7 Å². The number of sulfonamides is 1. The zero-order valence-electron chi connectivity index (χ0n) is 12.1. The predicted octanol–water partition coefficient (Wildman–Crippen LogP) is 1.80. The number of nitrogens with two attached hydrogens (primary N) is 1. The first kappa shape index (κ1) is 15.1. The van der Waals surface area contributed by atoms with Crippen molar-refractivity contribution in [2.24, 2.45) is 5.92 Å². The molecule has 1 aromatic rings. The number of nitrogens with one attached hydrogen (secondary N) is 1. The van der Waals surface area contributed by atoms with Gasteiger partial charge < -0.3 is 10.6 Å². The molecular weight excluding hydrogens is 274 g/mol. The Labute approximate surface area is 121 Å². The zero-order valence-corrected chi connectivity index (χ0v) is 12.9. The van der Waals surface area contributed by atoms with Crippen molar-refractivity contribution in [3.63, 3.8) is 0 Å². The van der Waals surface area contributed by atoms with Crippen LogP contribution in [0.15, 0.2) is 23.1 Å². The van der Waals surface area contributed by atoms with E-state index >= 15 is 0 Å². The third-order valence-corrected chi connectivity index (χ3v) is 5.31. The molecule has 0 amide bonds. The normalized spacial score (nSPS) is 19.5. The molecule has 20 heavy (non-hydrogen) atoms. The first-order valence-corrected chi connectivity index (χ1v) is 8.54. The topological polar surface area (TPSA) is 75.4 Å². The van der Waals surface area contributed by atoms with Gasteiger partial charge in [0.25, 0.3) is 0 Å². The highest BCUT2D eigenvalue weighted by molar-refractivity contribution is 7.89. The van der Waals surface area contributed by atoms with Gasteiger partial charge in [-0.1, -0.05) is 13.3 Å². The van der Waals surface area contributed by atoms with Gasteiger partial charge in [0.2, 0.25) is 10.0 Å². The summed E-state index contributed by atoms with van der Waals surface area (Å²) in [7, 11) is -2.03. The van der Waals surface area contributed by atoms with E-state index < -0.39 is 10.0 Å². The van der Waals surface area contributed by atoms with E-state index in [0.29, 0.717) is 5.69 Å². The maximum Gasteiger partial charge on any atom is 0.240 e. The molecule has 3 N–H and O–H groups in total. The summed E-state index contributed by atoms with van der Waals surface area (Å²) in [4.78, 5) is 2.47. The summed E-state index contributed by atoms with van der Waals surface area (Å²) in [6.07, 6.45) is 3.62. The molecule has 1 fully saturated rings. The van der Waals surface area contributed by atoms with E-state index in [1.165, 1.54) is 32.4 Å². The molecule has 0 aliphatic carbocycles. The second kappa shape index (κ2) is 6.01. The van der Waals surface area contributed by atoms with Gasteiger partial charge in [-0.3, -0.25) is 0 Å². The summed E-state index contributed by atoms with van der Waals surface area (Å²) in [6.45, 7) is 4.21. The minimum absolute atomic E-state index is 0.213. The Kier molecular flexibility index (Phi) is 4.55. The molecule has 0 saturated carbocycles. The lowest BCUT2D eigenvalue weighted by Crippen LogP contribution is -2.22. The molecule has 0 spiro atoms. The summed E-state index contributed by atoms with van der Waals surface area (Å²) in [6, 6.07) is 4.97. The molecule has 1 aliphatic heterocycles. The van der Waals surface area contributed by atoms with Gasteiger partial charge in [-0.25, -0.2) is 13.1 Å². The van der Waals surface area contributed by atoms with Crippen LogP contribution in [0.4, 0.5) is 11.4 Å². The number of anilines is 2. The summed E-state index contributed by atoms with van der Waals surface area (Å²) >= 11 is 0. The second-order valence-corrected chi connectivity index (χ2v) is 7.20. The van der Waals surface area contributed by atoms with Gasteiger partial charge in [-0.15, -0.1) is 0 Å². The van der Waals surface area contributed by atoms with Crippen LogP contribution in [0.25, 0.3) is 0 Å². The van der Waals surface area contributed by atoms with Gasteiger partial charge in [0, 0.05) is 13.1 Å². The van der Waals surface area contributed by atoms with E-state index in [9.17, 15) is 8.42 Å². The fourth-order valence-electron chi connectivity index (χ4n) is 2.80. The van der Waals surface area contributed by atoms with Crippen LogP contribution in [0.3, 0.4) is 0 Å². The standard InChI is InChI=1S/C14H23N3O2S/c1-3-4-11-7-8-17(10-11)14-6-5-12(9-13(14)15)20(18,19)16-2/h5-6,9,11,16H,3-4,7-8,10,15H2,1-2H3. The largest absolute Gasteiger partial charge is 0.397 e. The lowest BCUT2D eigenvalue weighted by Gasteiger charge is -2.21. The van der Waals surface area contributed by atoms with Gasteiger partial charge in [-0.05, 0) is 44.0 Å². The van der Waals surface area contributed by atoms with Crippen molar-refractivity contribution < 1.29 is 8.42 Å². The Hall–Kier alpha value is -1.27. The van der Waals surface area contributed by atoms with Gasteiger partial charge in [-0.2, -0.15) is 0 Å². The van der Waals surface area contributed by atoms with Gasteiger partial charge >= 0.3 is 0 Å². The number of hydrogen-bond acceptors (Lipinski definition) is 4. The Bertz CT molecular complexity index is 572. The van der Waals surface area contributed by atoms with E-state index in [1.807, 2.05) is 6.07 Å². The second-order valence-electron chi connectivity index (χ2n) is 5.32. The lowest BCUT2D eigenvalue weighted by atomic mass is 10.0. The Morgan fingerprint density at radius 2 is 2.20 bits per heavy atom. The molecule has 5 nitrogen and oxygen atoms in total.